The first-order valence-electron chi connectivity index (χ1n) is 8.68. The highest BCUT2D eigenvalue weighted by atomic mass is 127. The van der Waals surface area contributed by atoms with Gasteiger partial charge in [0.2, 0.25) is 0 Å². The van der Waals surface area contributed by atoms with Crippen LogP contribution < -0.4 is 25.0 Å². The standard InChI is InChI=1S/C19H26N4O2S.HI/c1-20-19(21-11-14-5-7-26-13-14)22-15-4-6-23(12-15)16-8-17(24-2)10-18(9-16)25-3;/h5,7-10,13,15H,4,6,11-12H2,1-3H3,(H2,20,21,22);1H. The van der Waals surface area contributed by atoms with Crippen LogP contribution in [0.2, 0.25) is 0 Å². The molecule has 1 aromatic carbocycles. The third-order valence-corrected chi connectivity index (χ3v) is 5.23. The van der Waals surface area contributed by atoms with Crippen LogP contribution in [-0.4, -0.2) is 46.4 Å². The molecule has 148 valence electrons. The van der Waals surface area contributed by atoms with E-state index in [0.29, 0.717) is 6.04 Å². The van der Waals surface area contributed by atoms with Crippen molar-refractivity contribution in [1.82, 2.24) is 10.6 Å². The summed E-state index contributed by atoms with van der Waals surface area (Å²) in [6.45, 7) is 2.68. The molecule has 3 rings (SSSR count). The third kappa shape index (κ3) is 5.90. The van der Waals surface area contributed by atoms with Crippen LogP contribution in [-0.2, 0) is 6.54 Å². The Hall–Kier alpha value is -1.68. The minimum atomic E-state index is 0. The molecule has 2 aromatic rings. The summed E-state index contributed by atoms with van der Waals surface area (Å²) in [6.07, 6.45) is 1.05. The summed E-state index contributed by atoms with van der Waals surface area (Å²) in [5, 5.41) is 11.1. The quantitative estimate of drug-likeness (QED) is 0.361. The second kappa shape index (κ2) is 10.6. The molecule has 1 fully saturated rings. The lowest BCUT2D eigenvalue weighted by molar-refractivity contribution is 0.394. The zero-order valence-corrected chi connectivity index (χ0v) is 19.0. The molecular formula is C19H27IN4O2S. The summed E-state index contributed by atoms with van der Waals surface area (Å²) in [6, 6.07) is 8.47. The maximum atomic E-state index is 5.38. The van der Waals surface area contributed by atoms with E-state index in [2.05, 4.69) is 49.5 Å². The van der Waals surface area contributed by atoms with Gasteiger partial charge in [-0.05, 0) is 28.8 Å². The van der Waals surface area contributed by atoms with E-state index in [1.54, 1.807) is 25.6 Å². The van der Waals surface area contributed by atoms with Crippen molar-refractivity contribution < 1.29 is 9.47 Å². The monoisotopic (exact) mass is 502 g/mol. The first-order chi connectivity index (χ1) is 12.7. The molecule has 0 saturated carbocycles. The van der Waals surface area contributed by atoms with E-state index < -0.39 is 0 Å². The minimum Gasteiger partial charge on any atom is -0.497 e. The Morgan fingerprint density at radius 2 is 2.00 bits per heavy atom. The van der Waals surface area contributed by atoms with E-state index in [1.165, 1.54) is 5.56 Å². The predicted octanol–water partition coefficient (Wildman–Crippen LogP) is 3.33. The second-order valence-corrected chi connectivity index (χ2v) is 6.98. The molecule has 1 atom stereocenters. The number of thiophene rings is 1. The number of anilines is 1. The number of hydrogen-bond acceptors (Lipinski definition) is 5. The van der Waals surface area contributed by atoms with Gasteiger partial charge in [-0.3, -0.25) is 4.99 Å². The number of rotatable bonds is 6. The Labute approximate surface area is 182 Å². The summed E-state index contributed by atoms with van der Waals surface area (Å²) in [5.41, 5.74) is 2.39. The molecule has 0 amide bonds. The first kappa shape index (κ1) is 21.6. The number of hydrogen-bond donors (Lipinski definition) is 2. The number of benzene rings is 1. The van der Waals surface area contributed by atoms with Crippen LogP contribution in [0, 0.1) is 0 Å². The highest BCUT2D eigenvalue weighted by Crippen LogP contribution is 2.30. The van der Waals surface area contributed by atoms with Gasteiger partial charge < -0.3 is 25.0 Å². The molecule has 8 heteroatoms. The van der Waals surface area contributed by atoms with Gasteiger partial charge in [-0.2, -0.15) is 11.3 Å². The SMILES string of the molecule is CN=C(NCc1ccsc1)NC1CCN(c2cc(OC)cc(OC)c2)C1.I. The number of methoxy groups -OCH3 is 2. The molecule has 1 aliphatic rings. The zero-order chi connectivity index (χ0) is 18.4. The fourth-order valence-corrected chi connectivity index (χ4v) is 3.72. The van der Waals surface area contributed by atoms with Gasteiger partial charge in [0, 0.05) is 56.6 Å². The molecule has 0 radical (unpaired) electrons. The van der Waals surface area contributed by atoms with Gasteiger partial charge >= 0.3 is 0 Å². The molecule has 0 spiro atoms. The smallest absolute Gasteiger partial charge is 0.191 e. The van der Waals surface area contributed by atoms with Gasteiger partial charge in [-0.15, -0.1) is 24.0 Å². The van der Waals surface area contributed by atoms with Crippen molar-refractivity contribution in [3.8, 4) is 11.5 Å². The molecular weight excluding hydrogens is 475 g/mol. The van der Waals surface area contributed by atoms with Gasteiger partial charge in [0.15, 0.2) is 5.96 Å². The molecule has 1 saturated heterocycles. The van der Waals surface area contributed by atoms with Crippen LogP contribution in [0.15, 0.2) is 40.0 Å². The molecule has 0 bridgehead atoms. The van der Waals surface area contributed by atoms with Crippen LogP contribution in [0.4, 0.5) is 5.69 Å². The zero-order valence-electron chi connectivity index (χ0n) is 15.9. The van der Waals surface area contributed by atoms with Crippen LogP contribution >= 0.6 is 35.3 Å². The number of halogens is 1. The fraction of sp³-hybridized carbons (Fsp3) is 0.421. The van der Waals surface area contributed by atoms with E-state index >= 15 is 0 Å². The third-order valence-electron chi connectivity index (χ3n) is 4.49. The van der Waals surface area contributed by atoms with Gasteiger partial charge in [-0.25, -0.2) is 0 Å². The summed E-state index contributed by atoms with van der Waals surface area (Å²) in [5.74, 6) is 2.46. The molecule has 2 N–H and O–H groups in total. The van der Waals surface area contributed by atoms with E-state index in [4.69, 9.17) is 9.47 Å². The van der Waals surface area contributed by atoms with Crippen LogP contribution in [0.25, 0.3) is 0 Å². The Morgan fingerprint density at radius 3 is 2.59 bits per heavy atom. The first-order valence-corrected chi connectivity index (χ1v) is 9.62. The Bertz CT molecular complexity index is 717. The van der Waals surface area contributed by atoms with Crippen molar-refractivity contribution in [2.45, 2.75) is 19.0 Å². The van der Waals surface area contributed by atoms with Crippen molar-refractivity contribution in [2.75, 3.05) is 39.3 Å². The Morgan fingerprint density at radius 1 is 1.26 bits per heavy atom. The number of nitrogens with one attached hydrogen (secondary N) is 2. The fourth-order valence-electron chi connectivity index (χ4n) is 3.05. The topological polar surface area (TPSA) is 58.1 Å². The van der Waals surface area contributed by atoms with Gasteiger partial charge in [0.05, 0.1) is 14.2 Å². The van der Waals surface area contributed by atoms with Crippen LogP contribution in [0.3, 0.4) is 0 Å². The molecule has 2 heterocycles. The maximum absolute atomic E-state index is 5.38. The van der Waals surface area contributed by atoms with E-state index in [1.807, 2.05) is 13.1 Å². The van der Waals surface area contributed by atoms with Gasteiger partial charge in [0.25, 0.3) is 0 Å². The largest absolute Gasteiger partial charge is 0.497 e. The van der Waals surface area contributed by atoms with Crippen molar-refractivity contribution in [2.24, 2.45) is 4.99 Å². The molecule has 1 unspecified atom stereocenters. The normalized spacial score (nSPS) is 16.6. The van der Waals surface area contributed by atoms with Crippen LogP contribution in [0.1, 0.15) is 12.0 Å². The van der Waals surface area contributed by atoms with Gasteiger partial charge in [0.1, 0.15) is 11.5 Å². The van der Waals surface area contributed by atoms with Crippen molar-refractivity contribution >= 4 is 47.0 Å². The molecule has 6 nitrogen and oxygen atoms in total. The molecule has 0 aliphatic carbocycles. The van der Waals surface area contributed by atoms with Crippen molar-refractivity contribution in [3.63, 3.8) is 0 Å². The average Bonchev–Trinajstić information content (AvgIpc) is 3.36. The Balaban J connectivity index is 0.00000261. The van der Waals surface area contributed by atoms with Crippen molar-refractivity contribution in [1.29, 1.82) is 0 Å². The molecule has 1 aliphatic heterocycles. The Kier molecular flexibility index (Phi) is 8.49. The summed E-state index contributed by atoms with van der Waals surface area (Å²) >= 11 is 1.71. The number of ether oxygens (including phenoxy) is 2. The van der Waals surface area contributed by atoms with E-state index in [9.17, 15) is 0 Å². The molecule has 27 heavy (non-hydrogen) atoms. The van der Waals surface area contributed by atoms with Gasteiger partial charge in [-0.1, -0.05) is 0 Å². The lowest BCUT2D eigenvalue weighted by Crippen LogP contribution is -2.44. The van der Waals surface area contributed by atoms with Crippen molar-refractivity contribution in [3.05, 3.63) is 40.6 Å². The number of aliphatic imine (C=N–C) groups is 1. The highest BCUT2D eigenvalue weighted by Gasteiger charge is 2.24. The maximum Gasteiger partial charge on any atom is 0.191 e. The molecule has 1 aromatic heterocycles. The lowest BCUT2D eigenvalue weighted by Gasteiger charge is -2.21. The second-order valence-electron chi connectivity index (χ2n) is 6.20. The van der Waals surface area contributed by atoms with Crippen LogP contribution in [0.5, 0.6) is 11.5 Å². The number of nitrogens with zero attached hydrogens (tertiary/aromatic N) is 2. The summed E-state index contributed by atoms with van der Waals surface area (Å²) in [7, 11) is 5.16. The highest BCUT2D eigenvalue weighted by molar-refractivity contribution is 14.0. The number of guanidine groups is 1. The predicted molar refractivity (Wildman–Crippen MR) is 123 cm³/mol. The minimum absolute atomic E-state index is 0. The van der Waals surface area contributed by atoms with E-state index in [-0.39, 0.29) is 24.0 Å². The summed E-state index contributed by atoms with van der Waals surface area (Å²) in [4.78, 5) is 6.68. The lowest BCUT2D eigenvalue weighted by atomic mass is 10.2. The van der Waals surface area contributed by atoms with E-state index in [0.717, 1.165) is 49.2 Å². The summed E-state index contributed by atoms with van der Waals surface area (Å²) < 4.78 is 10.8. The average molecular weight is 502 g/mol.